The van der Waals surface area contributed by atoms with Gasteiger partial charge in [-0.15, -0.1) is 0 Å². The fraction of sp³-hybridized carbons (Fsp3) is 0.368. The van der Waals surface area contributed by atoms with Crippen molar-refractivity contribution in [3.8, 4) is 0 Å². The number of imide groups is 1. The largest absolute Gasteiger partial charge is 0.463 e. The molecule has 0 fully saturated rings. The first-order valence-corrected chi connectivity index (χ1v) is 8.84. The SMILES string of the molecule is CCOC(=O)C1=C(C)NC(=O)NC1CCCN1C(=O)c2ccccc2C1=O. The highest BCUT2D eigenvalue weighted by Gasteiger charge is 2.35. The number of rotatable bonds is 6. The van der Waals surface area contributed by atoms with Gasteiger partial charge in [-0.25, -0.2) is 9.59 Å². The predicted molar refractivity (Wildman–Crippen MR) is 95.8 cm³/mol. The van der Waals surface area contributed by atoms with Gasteiger partial charge in [-0.05, 0) is 38.8 Å². The Morgan fingerprint density at radius 1 is 1.15 bits per heavy atom. The zero-order chi connectivity index (χ0) is 19.6. The number of hydrogen-bond acceptors (Lipinski definition) is 5. The molecule has 1 aromatic rings. The van der Waals surface area contributed by atoms with E-state index in [1.807, 2.05) is 0 Å². The fourth-order valence-corrected chi connectivity index (χ4v) is 3.38. The van der Waals surface area contributed by atoms with Gasteiger partial charge in [-0.3, -0.25) is 14.5 Å². The molecule has 0 spiro atoms. The molecule has 0 aromatic heterocycles. The van der Waals surface area contributed by atoms with Gasteiger partial charge in [0.25, 0.3) is 11.8 Å². The summed E-state index contributed by atoms with van der Waals surface area (Å²) in [6.07, 6.45) is 0.832. The lowest BCUT2D eigenvalue weighted by Crippen LogP contribution is -2.50. The molecule has 0 aliphatic carbocycles. The van der Waals surface area contributed by atoms with E-state index >= 15 is 0 Å². The minimum Gasteiger partial charge on any atom is -0.463 e. The molecular weight excluding hydrogens is 350 g/mol. The van der Waals surface area contributed by atoms with E-state index < -0.39 is 18.0 Å². The first-order chi connectivity index (χ1) is 12.9. The number of amides is 4. The maximum Gasteiger partial charge on any atom is 0.337 e. The number of ether oxygens (including phenoxy) is 1. The van der Waals surface area contributed by atoms with E-state index in [0.717, 1.165) is 0 Å². The second-order valence-electron chi connectivity index (χ2n) is 6.36. The van der Waals surface area contributed by atoms with Crippen LogP contribution in [0.5, 0.6) is 0 Å². The lowest BCUT2D eigenvalue weighted by molar-refractivity contribution is -0.139. The average molecular weight is 371 g/mol. The summed E-state index contributed by atoms with van der Waals surface area (Å²) in [4.78, 5) is 50.0. The normalized spacial score (nSPS) is 19.0. The van der Waals surface area contributed by atoms with Crippen molar-refractivity contribution >= 4 is 23.8 Å². The van der Waals surface area contributed by atoms with Gasteiger partial charge in [-0.2, -0.15) is 0 Å². The van der Waals surface area contributed by atoms with Crippen LogP contribution in [0.15, 0.2) is 35.5 Å². The van der Waals surface area contributed by atoms with Crippen LogP contribution >= 0.6 is 0 Å². The molecule has 2 aliphatic rings. The molecular formula is C19H21N3O5. The van der Waals surface area contributed by atoms with E-state index in [0.29, 0.717) is 35.2 Å². The van der Waals surface area contributed by atoms with Crippen molar-refractivity contribution in [2.75, 3.05) is 13.2 Å². The van der Waals surface area contributed by atoms with Crippen LogP contribution in [0.2, 0.25) is 0 Å². The van der Waals surface area contributed by atoms with E-state index in [9.17, 15) is 19.2 Å². The van der Waals surface area contributed by atoms with Crippen molar-refractivity contribution in [3.05, 3.63) is 46.7 Å². The number of carbonyl (C=O) groups excluding carboxylic acids is 4. The lowest BCUT2D eigenvalue weighted by atomic mass is 9.98. The summed E-state index contributed by atoms with van der Waals surface area (Å²) < 4.78 is 5.07. The molecule has 1 unspecified atom stereocenters. The van der Waals surface area contributed by atoms with Crippen LogP contribution in [0.3, 0.4) is 0 Å². The molecule has 8 nitrogen and oxygen atoms in total. The minimum atomic E-state index is -0.534. The van der Waals surface area contributed by atoms with Crippen LogP contribution in [0.1, 0.15) is 47.4 Å². The number of urea groups is 1. The van der Waals surface area contributed by atoms with Crippen LogP contribution in [0.25, 0.3) is 0 Å². The highest BCUT2D eigenvalue weighted by atomic mass is 16.5. The van der Waals surface area contributed by atoms with Crippen molar-refractivity contribution < 1.29 is 23.9 Å². The molecule has 4 amide bonds. The van der Waals surface area contributed by atoms with Crippen molar-refractivity contribution in [2.45, 2.75) is 32.7 Å². The van der Waals surface area contributed by atoms with E-state index in [2.05, 4.69) is 10.6 Å². The summed E-state index contributed by atoms with van der Waals surface area (Å²) in [6, 6.07) is 5.77. The molecule has 0 saturated carbocycles. The summed E-state index contributed by atoms with van der Waals surface area (Å²) >= 11 is 0. The third-order valence-corrected chi connectivity index (χ3v) is 4.61. The second-order valence-corrected chi connectivity index (χ2v) is 6.36. The zero-order valence-electron chi connectivity index (χ0n) is 15.2. The van der Waals surface area contributed by atoms with E-state index in [1.54, 1.807) is 38.1 Å². The Balaban J connectivity index is 1.67. The molecule has 1 aromatic carbocycles. The molecule has 27 heavy (non-hydrogen) atoms. The summed E-state index contributed by atoms with van der Waals surface area (Å²) in [5.74, 6) is -1.13. The van der Waals surface area contributed by atoms with Crippen molar-refractivity contribution in [1.82, 2.24) is 15.5 Å². The molecule has 2 N–H and O–H groups in total. The van der Waals surface area contributed by atoms with Crippen LogP contribution in [-0.2, 0) is 9.53 Å². The van der Waals surface area contributed by atoms with E-state index in [-0.39, 0.29) is 25.0 Å². The van der Waals surface area contributed by atoms with Crippen LogP contribution in [0, 0.1) is 0 Å². The van der Waals surface area contributed by atoms with Crippen molar-refractivity contribution in [1.29, 1.82) is 0 Å². The maximum atomic E-state index is 12.4. The number of fused-ring (bicyclic) bond motifs is 1. The number of esters is 1. The molecule has 142 valence electrons. The Kier molecular flexibility index (Phi) is 5.25. The van der Waals surface area contributed by atoms with Crippen LogP contribution in [-0.4, -0.2) is 47.9 Å². The minimum absolute atomic E-state index is 0.210. The fourth-order valence-electron chi connectivity index (χ4n) is 3.38. The maximum absolute atomic E-state index is 12.4. The van der Waals surface area contributed by atoms with Crippen molar-refractivity contribution in [3.63, 3.8) is 0 Å². The standard InChI is InChI=1S/C19H21N3O5/c1-3-27-18(25)15-11(2)20-19(26)21-14(15)9-6-10-22-16(23)12-7-4-5-8-13(12)17(22)24/h4-5,7-8,14H,3,6,9-10H2,1-2H3,(H2,20,21,26). The van der Waals surface area contributed by atoms with Gasteiger partial charge in [0.1, 0.15) is 0 Å². The highest BCUT2D eigenvalue weighted by Crippen LogP contribution is 2.24. The molecule has 1 atom stereocenters. The van der Waals surface area contributed by atoms with Crippen LogP contribution in [0.4, 0.5) is 4.79 Å². The van der Waals surface area contributed by atoms with Gasteiger partial charge in [0, 0.05) is 12.2 Å². The van der Waals surface area contributed by atoms with E-state index in [1.165, 1.54) is 4.90 Å². The molecule has 0 bridgehead atoms. The Hall–Kier alpha value is -3.16. The molecule has 3 rings (SSSR count). The highest BCUT2D eigenvalue weighted by molar-refractivity contribution is 6.21. The molecule has 0 radical (unpaired) electrons. The third kappa shape index (κ3) is 3.55. The number of allylic oxidation sites excluding steroid dienone is 1. The summed E-state index contributed by atoms with van der Waals surface area (Å²) in [5.41, 5.74) is 1.61. The van der Waals surface area contributed by atoms with E-state index in [4.69, 9.17) is 4.74 Å². The number of nitrogens with zero attached hydrogens (tertiary/aromatic N) is 1. The number of carbonyl (C=O) groups is 4. The van der Waals surface area contributed by atoms with Gasteiger partial charge >= 0.3 is 12.0 Å². The Morgan fingerprint density at radius 3 is 2.37 bits per heavy atom. The molecule has 2 aliphatic heterocycles. The van der Waals surface area contributed by atoms with Gasteiger partial charge < -0.3 is 15.4 Å². The summed E-state index contributed by atoms with van der Waals surface area (Å²) in [6.45, 7) is 3.79. The van der Waals surface area contributed by atoms with Gasteiger partial charge in [0.15, 0.2) is 0 Å². The number of hydrogen-bond donors (Lipinski definition) is 2. The van der Waals surface area contributed by atoms with Gasteiger partial charge in [0.05, 0.1) is 29.3 Å². The third-order valence-electron chi connectivity index (χ3n) is 4.61. The monoisotopic (exact) mass is 371 g/mol. The van der Waals surface area contributed by atoms with Gasteiger partial charge in [0.2, 0.25) is 0 Å². The second kappa shape index (κ2) is 7.61. The summed E-state index contributed by atoms with van der Waals surface area (Å²) in [5, 5.41) is 5.27. The molecule has 2 heterocycles. The quantitative estimate of drug-likeness (QED) is 0.584. The average Bonchev–Trinajstić information content (AvgIpc) is 2.86. The lowest BCUT2D eigenvalue weighted by Gasteiger charge is -2.28. The topological polar surface area (TPSA) is 105 Å². The Bertz CT molecular complexity index is 811. The Morgan fingerprint density at radius 2 is 1.78 bits per heavy atom. The Labute approximate surface area is 156 Å². The zero-order valence-corrected chi connectivity index (χ0v) is 15.2. The smallest absolute Gasteiger partial charge is 0.337 e. The first-order valence-electron chi connectivity index (χ1n) is 8.84. The number of benzene rings is 1. The molecule has 8 heteroatoms. The molecule has 0 saturated heterocycles. The number of nitrogens with one attached hydrogen (secondary N) is 2. The van der Waals surface area contributed by atoms with Crippen molar-refractivity contribution in [2.24, 2.45) is 0 Å². The predicted octanol–water partition coefficient (Wildman–Crippen LogP) is 1.58. The summed E-state index contributed by atoms with van der Waals surface area (Å²) in [7, 11) is 0. The van der Waals surface area contributed by atoms with Crippen LogP contribution < -0.4 is 10.6 Å². The first kappa shape index (κ1) is 18.6. The van der Waals surface area contributed by atoms with Gasteiger partial charge in [-0.1, -0.05) is 12.1 Å².